The Morgan fingerprint density at radius 3 is 2.54 bits per heavy atom. The van der Waals surface area contributed by atoms with Crippen molar-refractivity contribution in [3.8, 4) is 11.3 Å². The van der Waals surface area contributed by atoms with Crippen LogP contribution in [0, 0.1) is 5.82 Å². The second kappa shape index (κ2) is 5.56. The molecule has 26 heavy (non-hydrogen) atoms. The number of H-pyrrole nitrogens is 1. The van der Waals surface area contributed by atoms with Gasteiger partial charge in [-0.3, -0.25) is 9.40 Å². The van der Waals surface area contributed by atoms with Gasteiger partial charge in [0.25, 0.3) is 10.0 Å². The summed E-state index contributed by atoms with van der Waals surface area (Å²) in [6, 6.07) is 10.0. The Bertz CT molecular complexity index is 1110. The van der Waals surface area contributed by atoms with Crippen LogP contribution in [-0.4, -0.2) is 18.6 Å². The number of benzene rings is 2. The lowest BCUT2D eigenvalue weighted by Crippen LogP contribution is -2.48. The lowest BCUT2D eigenvalue weighted by molar-refractivity contribution is 0.517. The molecule has 0 radical (unpaired) electrons. The fraction of sp³-hybridized carbons (Fsp3) is 0.167. The second-order valence-corrected chi connectivity index (χ2v) is 8.83. The topological polar surface area (TPSA) is 66.1 Å². The number of halogens is 2. The lowest BCUT2D eigenvalue weighted by Gasteiger charge is -2.43. The summed E-state index contributed by atoms with van der Waals surface area (Å²) in [6.45, 7) is 3.59. The summed E-state index contributed by atoms with van der Waals surface area (Å²) in [7, 11) is -3.92. The molecule has 3 aromatic rings. The van der Waals surface area contributed by atoms with Crippen LogP contribution in [-0.2, 0) is 15.6 Å². The average molecular weight is 392 g/mol. The molecule has 1 aliphatic rings. The number of anilines is 1. The Morgan fingerprint density at radius 1 is 1.15 bits per heavy atom. The van der Waals surface area contributed by atoms with Gasteiger partial charge in [-0.15, -0.1) is 0 Å². The predicted octanol–water partition coefficient (Wildman–Crippen LogP) is 4.31. The molecule has 1 aliphatic heterocycles. The molecule has 0 fully saturated rings. The minimum Gasteiger partial charge on any atom is -0.277 e. The summed E-state index contributed by atoms with van der Waals surface area (Å²) in [6.07, 6.45) is 1.58. The number of rotatable bonds is 2. The molecule has 4 rings (SSSR count). The molecule has 1 aromatic heterocycles. The highest BCUT2D eigenvalue weighted by Crippen LogP contribution is 2.49. The molecule has 0 amide bonds. The van der Waals surface area contributed by atoms with Crippen LogP contribution < -0.4 is 4.31 Å². The van der Waals surface area contributed by atoms with Crippen LogP contribution in [0.25, 0.3) is 11.3 Å². The van der Waals surface area contributed by atoms with E-state index < -0.39 is 21.4 Å². The molecule has 134 valence electrons. The van der Waals surface area contributed by atoms with Crippen molar-refractivity contribution < 1.29 is 12.8 Å². The third-order valence-electron chi connectivity index (χ3n) is 4.60. The monoisotopic (exact) mass is 391 g/mol. The molecule has 0 bridgehead atoms. The smallest absolute Gasteiger partial charge is 0.265 e. The van der Waals surface area contributed by atoms with Gasteiger partial charge in [0.2, 0.25) is 0 Å². The number of nitrogens with one attached hydrogen (secondary N) is 1. The van der Waals surface area contributed by atoms with Crippen molar-refractivity contribution in [3.05, 3.63) is 65.1 Å². The second-order valence-electron chi connectivity index (χ2n) is 6.60. The molecule has 0 atom stereocenters. The third kappa shape index (κ3) is 2.34. The Hall–Kier alpha value is -2.38. The Balaban J connectivity index is 2.01. The van der Waals surface area contributed by atoms with Crippen LogP contribution in [0.3, 0.4) is 0 Å². The maximum atomic E-state index is 13.9. The van der Waals surface area contributed by atoms with Crippen molar-refractivity contribution in [2.75, 3.05) is 4.31 Å². The largest absolute Gasteiger partial charge is 0.277 e. The average Bonchev–Trinajstić information content (AvgIpc) is 3.07. The summed E-state index contributed by atoms with van der Waals surface area (Å²) in [5.41, 5.74) is 1.21. The van der Waals surface area contributed by atoms with Gasteiger partial charge in [0.15, 0.2) is 0 Å². The van der Waals surface area contributed by atoms with Gasteiger partial charge in [-0.1, -0.05) is 11.6 Å². The summed E-state index contributed by atoms with van der Waals surface area (Å²) < 4.78 is 42.1. The highest BCUT2D eigenvalue weighted by molar-refractivity contribution is 7.93. The van der Waals surface area contributed by atoms with Crippen molar-refractivity contribution in [3.63, 3.8) is 0 Å². The van der Waals surface area contributed by atoms with Gasteiger partial charge in [-0.25, -0.2) is 12.8 Å². The van der Waals surface area contributed by atoms with E-state index in [1.165, 1.54) is 46.8 Å². The maximum Gasteiger partial charge on any atom is 0.265 e. The van der Waals surface area contributed by atoms with Crippen LogP contribution in [0.1, 0.15) is 19.4 Å². The van der Waals surface area contributed by atoms with Crippen LogP contribution in [0.4, 0.5) is 10.1 Å². The molecule has 0 aliphatic carbocycles. The van der Waals surface area contributed by atoms with Crippen molar-refractivity contribution in [1.82, 2.24) is 10.2 Å². The highest BCUT2D eigenvalue weighted by atomic mass is 35.5. The van der Waals surface area contributed by atoms with E-state index >= 15 is 0 Å². The minimum absolute atomic E-state index is 0.109. The Labute approximate surface area is 155 Å². The lowest BCUT2D eigenvalue weighted by atomic mass is 9.87. The van der Waals surface area contributed by atoms with Crippen LogP contribution >= 0.6 is 11.6 Å². The molecule has 0 saturated carbocycles. The van der Waals surface area contributed by atoms with Gasteiger partial charge in [0, 0.05) is 16.1 Å². The number of nitrogens with zero attached hydrogens (tertiary/aromatic N) is 2. The van der Waals surface area contributed by atoms with E-state index in [0.717, 1.165) is 0 Å². The van der Waals surface area contributed by atoms with Crippen LogP contribution in [0.15, 0.2) is 53.6 Å². The zero-order chi connectivity index (χ0) is 18.7. The van der Waals surface area contributed by atoms with Crippen molar-refractivity contribution in [2.24, 2.45) is 0 Å². The van der Waals surface area contributed by atoms with E-state index in [0.29, 0.717) is 27.5 Å². The van der Waals surface area contributed by atoms with Crippen molar-refractivity contribution in [1.29, 1.82) is 0 Å². The van der Waals surface area contributed by atoms with Crippen LogP contribution in [0.5, 0.6) is 0 Å². The molecule has 2 aromatic carbocycles. The summed E-state index contributed by atoms with van der Waals surface area (Å²) >= 11 is 5.89. The van der Waals surface area contributed by atoms with Gasteiger partial charge in [-0.05, 0) is 56.3 Å². The van der Waals surface area contributed by atoms with Crippen LogP contribution in [0.2, 0.25) is 5.02 Å². The zero-order valence-corrected chi connectivity index (χ0v) is 15.6. The SMILES string of the molecule is CC1(C)c2cn[nH]c2-c2cc(F)ccc2N1S(=O)(=O)c1ccc(Cl)cc1. The molecule has 0 saturated heterocycles. The minimum atomic E-state index is -3.92. The highest BCUT2D eigenvalue weighted by Gasteiger charge is 2.45. The van der Waals surface area contributed by atoms with Crippen molar-refractivity contribution >= 4 is 27.3 Å². The van der Waals surface area contributed by atoms with Gasteiger partial charge in [0.05, 0.1) is 28.0 Å². The summed E-state index contributed by atoms with van der Waals surface area (Å²) in [5.74, 6) is -0.451. The normalized spacial score (nSPS) is 15.5. The van der Waals surface area contributed by atoms with E-state index in [1.54, 1.807) is 20.0 Å². The van der Waals surface area contributed by atoms with E-state index in [4.69, 9.17) is 11.6 Å². The van der Waals surface area contributed by atoms with E-state index in [9.17, 15) is 12.8 Å². The number of aromatic nitrogens is 2. The van der Waals surface area contributed by atoms with E-state index in [-0.39, 0.29) is 4.90 Å². The summed E-state index contributed by atoms with van der Waals surface area (Å²) in [4.78, 5) is 0.109. The standard InChI is InChI=1S/C18H15ClFN3O2S/c1-18(2)15-10-21-22-17(15)14-9-12(20)5-8-16(14)23(18)26(24,25)13-6-3-11(19)4-7-13/h3-10H,1-2H3,(H,21,22). The molecule has 2 heterocycles. The molecule has 1 N–H and O–H groups in total. The zero-order valence-electron chi connectivity index (χ0n) is 14.0. The summed E-state index contributed by atoms with van der Waals surface area (Å²) in [5, 5.41) is 7.35. The molecular formula is C18H15ClFN3O2S. The van der Waals surface area contributed by atoms with Gasteiger partial charge >= 0.3 is 0 Å². The first-order valence-corrected chi connectivity index (χ1v) is 9.69. The fourth-order valence-electron chi connectivity index (χ4n) is 3.39. The Morgan fingerprint density at radius 2 is 1.85 bits per heavy atom. The van der Waals surface area contributed by atoms with Gasteiger partial charge in [0.1, 0.15) is 5.82 Å². The predicted molar refractivity (Wildman–Crippen MR) is 98.1 cm³/mol. The molecule has 8 heteroatoms. The first-order chi connectivity index (χ1) is 12.2. The molecule has 0 spiro atoms. The van der Waals surface area contributed by atoms with Crippen molar-refractivity contribution in [2.45, 2.75) is 24.3 Å². The van der Waals surface area contributed by atoms with E-state index in [2.05, 4.69) is 10.2 Å². The van der Waals surface area contributed by atoms with Gasteiger partial charge < -0.3 is 0 Å². The number of fused-ring (bicyclic) bond motifs is 3. The van der Waals surface area contributed by atoms with Gasteiger partial charge in [-0.2, -0.15) is 5.10 Å². The first-order valence-electron chi connectivity index (χ1n) is 7.88. The van der Waals surface area contributed by atoms with E-state index in [1.807, 2.05) is 0 Å². The maximum absolute atomic E-state index is 13.9. The molecule has 0 unspecified atom stereocenters. The number of aromatic amines is 1. The molecule has 5 nitrogen and oxygen atoms in total. The molecular weight excluding hydrogens is 377 g/mol. The fourth-order valence-corrected chi connectivity index (χ4v) is 5.33. The third-order valence-corrected chi connectivity index (χ3v) is 6.86. The number of hydrogen-bond acceptors (Lipinski definition) is 3. The first kappa shape index (κ1) is 17.1. The number of sulfonamides is 1. The quantitative estimate of drug-likeness (QED) is 0.707. The Kier molecular flexibility index (Phi) is 3.65. The number of hydrogen-bond donors (Lipinski definition) is 1.